The van der Waals surface area contributed by atoms with Crippen molar-refractivity contribution >= 4 is 6.09 Å². The average molecular weight is 238 g/mol. The van der Waals surface area contributed by atoms with Crippen LogP contribution in [0.5, 0.6) is 0 Å². The van der Waals surface area contributed by atoms with Crippen molar-refractivity contribution in [3.05, 3.63) is 0 Å². The van der Waals surface area contributed by atoms with Crippen LogP contribution in [0.15, 0.2) is 0 Å². The molecule has 0 radical (unpaired) electrons. The summed E-state index contributed by atoms with van der Waals surface area (Å²) in [6.45, 7) is 7.46. The van der Waals surface area contributed by atoms with Crippen LogP contribution in [0.25, 0.3) is 0 Å². The molecule has 1 saturated carbocycles. The van der Waals surface area contributed by atoms with Gasteiger partial charge in [-0.15, -0.1) is 0 Å². The van der Waals surface area contributed by atoms with Crippen LogP contribution >= 0.6 is 0 Å². The Bertz CT molecular complexity index is 327. The molecule has 1 rings (SSSR count). The molecular weight excluding hydrogens is 216 g/mol. The first-order valence-corrected chi connectivity index (χ1v) is 6.21. The van der Waals surface area contributed by atoms with E-state index in [1.165, 1.54) is 0 Å². The van der Waals surface area contributed by atoms with E-state index in [1.54, 1.807) is 0 Å². The fourth-order valence-electron chi connectivity index (χ4n) is 2.21. The summed E-state index contributed by atoms with van der Waals surface area (Å²) in [5.74, 6) is 0.175. The number of rotatable bonds is 1. The van der Waals surface area contributed by atoms with Crippen molar-refractivity contribution in [1.29, 1.82) is 5.26 Å². The van der Waals surface area contributed by atoms with E-state index in [0.29, 0.717) is 6.42 Å². The predicted octanol–water partition coefficient (Wildman–Crippen LogP) is 2.98. The van der Waals surface area contributed by atoms with Gasteiger partial charge in [0.2, 0.25) is 0 Å². The van der Waals surface area contributed by atoms with Gasteiger partial charge >= 0.3 is 6.09 Å². The smallest absolute Gasteiger partial charge is 0.408 e. The van der Waals surface area contributed by atoms with E-state index in [0.717, 1.165) is 19.3 Å². The molecule has 0 spiro atoms. The zero-order chi connectivity index (χ0) is 13.1. The number of nitriles is 1. The van der Waals surface area contributed by atoms with Gasteiger partial charge in [-0.05, 0) is 39.5 Å². The first-order chi connectivity index (χ1) is 7.79. The number of ether oxygens (including phenoxy) is 1. The van der Waals surface area contributed by atoms with E-state index in [-0.39, 0.29) is 5.92 Å². The molecule has 0 unspecified atom stereocenters. The molecule has 0 saturated heterocycles. The van der Waals surface area contributed by atoms with E-state index in [4.69, 9.17) is 4.74 Å². The summed E-state index contributed by atoms with van der Waals surface area (Å²) in [5.41, 5.74) is -1.28. The Kier molecular flexibility index (Phi) is 4.03. The fraction of sp³-hybridized carbons (Fsp3) is 0.846. The lowest BCUT2D eigenvalue weighted by molar-refractivity contribution is 0.0426. The third-order valence-electron chi connectivity index (χ3n) is 3.22. The molecule has 1 aliphatic carbocycles. The highest BCUT2D eigenvalue weighted by Crippen LogP contribution is 2.33. The Labute approximate surface area is 103 Å². The number of nitrogens with one attached hydrogen (secondary N) is 1. The highest BCUT2D eigenvalue weighted by atomic mass is 16.6. The van der Waals surface area contributed by atoms with E-state index in [9.17, 15) is 10.1 Å². The van der Waals surface area contributed by atoms with Crippen LogP contribution in [-0.2, 0) is 4.74 Å². The van der Waals surface area contributed by atoms with Crippen LogP contribution in [-0.4, -0.2) is 17.2 Å². The van der Waals surface area contributed by atoms with Gasteiger partial charge in [-0.2, -0.15) is 5.26 Å². The molecule has 1 fully saturated rings. The van der Waals surface area contributed by atoms with Crippen LogP contribution in [0.1, 0.15) is 53.4 Å². The number of hydrogen-bond donors (Lipinski definition) is 1. The predicted molar refractivity (Wildman–Crippen MR) is 65.3 cm³/mol. The van der Waals surface area contributed by atoms with Gasteiger partial charge in [0.1, 0.15) is 11.1 Å². The van der Waals surface area contributed by atoms with Crippen molar-refractivity contribution in [2.75, 3.05) is 0 Å². The van der Waals surface area contributed by atoms with Crippen LogP contribution in [0.2, 0.25) is 0 Å². The number of hydrogen-bond acceptors (Lipinski definition) is 3. The Hall–Kier alpha value is -1.24. The Balaban J connectivity index is 2.69. The SMILES string of the molecule is C[C@H]1CCCC[C@]1(C#N)NC(=O)OC(C)(C)C. The summed E-state index contributed by atoms with van der Waals surface area (Å²) in [6.07, 6.45) is 3.30. The van der Waals surface area contributed by atoms with Gasteiger partial charge in [0.15, 0.2) is 0 Å². The molecule has 4 nitrogen and oxygen atoms in total. The van der Waals surface area contributed by atoms with Crippen molar-refractivity contribution in [3.8, 4) is 6.07 Å². The molecule has 2 atom stereocenters. The molecule has 0 bridgehead atoms. The zero-order valence-corrected chi connectivity index (χ0v) is 11.2. The lowest BCUT2D eigenvalue weighted by atomic mass is 9.74. The maximum Gasteiger partial charge on any atom is 0.408 e. The number of carbonyl (C=O) groups excluding carboxylic acids is 1. The molecule has 0 aromatic heterocycles. The van der Waals surface area contributed by atoms with E-state index >= 15 is 0 Å². The lowest BCUT2D eigenvalue weighted by Crippen LogP contribution is -2.54. The van der Waals surface area contributed by atoms with Crippen LogP contribution in [0, 0.1) is 17.2 Å². The Morgan fingerprint density at radius 2 is 2.12 bits per heavy atom. The normalized spacial score (nSPS) is 29.2. The molecule has 1 amide bonds. The molecule has 4 heteroatoms. The molecule has 0 aromatic rings. The van der Waals surface area contributed by atoms with Crippen molar-refractivity contribution in [3.63, 3.8) is 0 Å². The molecule has 1 N–H and O–H groups in total. The quantitative estimate of drug-likeness (QED) is 0.763. The fourth-order valence-corrected chi connectivity index (χ4v) is 2.21. The second kappa shape index (κ2) is 4.95. The molecule has 0 aromatic carbocycles. The minimum atomic E-state index is -0.749. The topological polar surface area (TPSA) is 62.1 Å². The largest absolute Gasteiger partial charge is 0.444 e. The van der Waals surface area contributed by atoms with Crippen LogP contribution in [0.3, 0.4) is 0 Å². The molecule has 1 aliphatic rings. The first kappa shape index (κ1) is 13.8. The van der Waals surface area contributed by atoms with Crippen molar-refractivity contribution < 1.29 is 9.53 Å². The number of amides is 1. The summed E-state index contributed by atoms with van der Waals surface area (Å²) in [4.78, 5) is 11.8. The van der Waals surface area contributed by atoms with Crippen molar-refractivity contribution in [2.24, 2.45) is 5.92 Å². The number of carbonyl (C=O) groups is 1. The summed E-state index contributed by atoms with van der Waals surface area (Å²) < 4.78 is 5.21. The van der Waals surface area contributed by atoms with E-state index in [1.807, 2.05) is 27.7 Å². The first-order valence-electron chi connectivity index (χ1n) is 6.21. The van der Waals surface area contributed by atoms with E-state index < -0.39 is 17.2 Å². The maximum absolute atomic E-state index is 11.8. The van der Waals surface area contributed by atoms with Crippen LogP contribution < -0.4 is 5.32 Å². The highest BCUT2D eigenvalue weighted by Gasteiger charge is 2.40. The minimum absolute atomic E-state index is 0.175. The second-order valence-corrected chi connectivity index (χ2v) is 5.86. The Morgan fingerprint density at radius 3 is 2.59 bits per heavy atom. The summed E-state index contributed by atoms with van der Waals surface area (Å²) in [6, 6.07) is 2.27. The maximum atomic E-state index is 11.8. The molecule has 96 valence electrons. The van der Waals surface area contributed by atoms with E-state index in [2.05, 4.69) is 11.4 Å². The number of alkyl carbamates (subject to hydrolysis) is 1. The minimum Gasteiger partial charge on any atom is -0.444 e. The second-order valence-electron chi connectivity index (χ2n) is 5.86. The molecule has 17 heavy (non-hydrogen) atoms. The third-order valence-corrected chi connectivity index (χ3v) is 3.22. The van der Waals surface area contributed by atoms with Gasteiger partial charge in [-0.3, -0.25) is 0 Å². The van der Waals surface area contributed by atoms with Crippen molar-refractivity contribution in [2.45, 2.75) is 64.5 Å². The molecular formula is C13H22N2O2. The highest BCUT2D eigenvalue weighted by molar-refractivity contribution is 5.69. The summed E-state index contributed by atoms with van der Waals surface area (Å²) >= 11 is 0. The number of nitrogens with zero attached hydrogens (tertiary/aromatic N) is 1. The monoisotopic (exact) mass is 238 g/mol. The zero-order valence-electron chi connectivity index (χ0n) is 11.2. The summed E-state index contributed by atoms with van der Waals surface area (Å²) in [5, 5.41) is 12.1. The molecule has 0 aliphatic heterocycles. The molecule has 0 heterocycles. The van der Waals surface area contributed by atoms with Crippen LogP contribution in [0.4, 0.5) is 4.79 Å². The van der Waals surface area contributed by atoms with Gasteiger partial charge in [0, 0.05) is 0 Å². The van der Waals surface area contributed by atoms with Gasteiger partial charge in [-0.1, -0.05) is 19.8 Å². The van der Waals surface area contributed by atoms with Crippen molar-refractivity contribution in [1.82, 2.24) is 5.32 Å². The van der Waals surface area contributed by atoms with Gasteiger partial charge in [0.05, 0.1) is 6.07 Å². The average Bonchev–Trinajstić information content (AvgIpc) is 2.19. The summed E-state index contributed by atoms with van der Waals surface area (Å²) in [7, 11) is 0. The lowest BCUT2D eigenvalue weighted by Gasteiger charge is -2.37. The van der Waals surface area contributed by atoms with Gasteiger partial charge in [-0.25, -0.2) is 4.79 Å². The van der Waals surface area contributed by atoms with Gasteiger partial charge < -0.3 is 10.1 Å². The van der Waals surface area contributed by atoms with Gasteiger partial charge in [0.25, 0.3) is 0 Å². The standard InChI is InChI=1S/C13H22N2O2/c1-10-7-5-6-8-13(10,9-14)15-11(16)17-12(2,3)4/h10H,5-8H2,1-4H3,(H,15,16)/t10-,13+/m0/s1. The Morgan fingerprint density at radius 1 is 1.47 bits per heavy atom. The third kappa shape index (κ3) is 3.62.